The highest BCUT2D eigenvalue weighted by molar-refractivity contribution is 6.17. The maximum absolute atomic E-state index is 12.0. The lowest BCUT2D eigenvalue weighted by Crippen LogP contribution is -2.11. The van der Waals surface area contributed by atoms with Crippen LogP contribution < -0.4 is 14.2 Å². The van der Waals surface area contributed by atoms with Gasteiger partial charge in [0.15, 0.2) is 11.5 Å². The Hall–Kier alpha value is -1.95. The van der Waals surface area contributed by atoms with Crippen molar-refractivity contribution in [2.24, 2.45) is 0 Å². The molecule has 0 aliphatic carbocycles. The van der Waals surface area contributed by atoms with Crippen LogP contribution in [-0.4, -0.2) is 38.6 Å². The Morgan fingerprint density at radius 2 is 1.39 bits per heavy atom. The van der Waals surface area contributed by atoms with Gasteiger partial charge in [0.1, 0.15) is 0 Å². The van der Waals surface area contributed by atoms with Gasteiger partial charge in [0.05, 0.1) is 20.8 Å². The summed E-state index contributed by atoms with van der Waals surface area (Å²) in [6.07, 6.45) is 7.08. The van der Waals surface area contributed by atoms with E-state index in [2.05, 4.69) is 0 Å². The predicted molar refractivity (Wildman–Crippen MR) is 108 cm³/mol. The van der Waals surface area contributed by atoms with Gasteiger partial charge in [-0.15, -0.1) is 11.6 Å². The number of methoxy groups -OCH3 is 2. The molecule has 0 heterocycles. The highest BCUT2D eigenvalue weighted by Gasteiger charge is 2.16. The van der Waals surface area contributed by atoms with E-state index in [0.29, 0.717) is 24.5 Å². The maximum atomic E-state index is 12.0. The van der Waals surface area contributed by atoms with E-state index >= 15 is 0 Å². The molecular weight excluding hydrogens is 384 g/mol. The lowest BCUT2D eigenvalue weighted by molar-refractivity contribution is -0.144. The minimum atomic E-state index is -0.451. The van der Waals surface area contributed by atoms with E-state index in [-0.39, 0.29) is 24.6 Å². The Bertz CT molecular complexity index is 568. The molecular formula is C21H31ClO6. The molecule has 0 spiro atoms. The van der Waals surface area contributed by atoms with Crippen LogP contribution >= 0.6 is 11.6 Å². The Morgan fingerprint density at radius 3 is 2.00 bits per heavy atom. The molecule has 28 heavy (non-hydrogen) atoms. The number of alkyl halides is 1. The smallest absolute Gasteiger partial charge is 0.311 e. The molecule has 0 saturated carbocycles. The number of unbranched alkanes of at least 4 members (excludes halogenated alkanes) is 5. The topological polar surface area (TPSA) is 71.1 Å². The summed E-state index contributed by atoms with van der Waals surface area (Å²) >= 11 is 5.63. The Morgan fingerprint density at radius 1 is 0.821 bits per heavy atom. The average molecular weight is 415 g/mol. The van der Waals surface area contributed by atoms with Crippen molar-refractivity contribution in [3.05, 3.63) is 18.2 Å². The van der Waals surface area contributed by atoms with Crippen molar-refractivity contribution in [2.45, 2.75) is 57.8 Å². The number of hydrogen-bond donors (Lipinski definition) is 0. The number of rotatable bonds is 15. The molecule has 0 bridgehead atoms. The Labute approximate surface area is 172 Å². The molecule has 158 valence electrons. The van der Waals surface area contributed by atoms with E-state index < -0.39 is 5.97 Å². The number of benzene rings is 1. The molecule has 0 unspecified atom stereocenters. The molecule has 0 amide bonds. The monoisotopic (exact) mass is 414 g/mol. The molecule has 1 aromatic rings. The standard InChI is InChI=1S/C21H31ClO6/c1-25-17-11-9-12-18(26-2)21(17)28-20(24)14-10-13-19(23)27-16-8-6-4-3-5-7-15-22/h9,11-12H,3-8,10,13-16H2,1-2H3. The third-order valence-electron chi connectivity index (χ3n) is 4.15. The van der Waals surface area contributed by atoms with Crippen LogP contribution in [-0.2, 0) is 14.3 Å². The van der Waals surface area contributed by atoms with Crippen molar-refractivity contribution in [2.75, 3.05) is 26.7 Å². The summed E-state index contributed by atoms with van der Waals surface area (Å²) in [5.41, 5.74) is 0. The molecule has 0 fully saturated rings. The second-order valence-electron chi connectivity index (χ2n) is 6.35. The van der Waals surface area contributed by atoms with Gasteiger partial charge in [-0.05, 0) is 31.4 Å². The fraction of sp³-hybridized carbons (Fsp3) is 0.619. The largest absolute Gasteiger partial charge is 0.493 e. The lowest BCUT2D eigenvalue weighted by atomic mass is 10.1. The molecule has 0 aliphatic heterocycles. The number of ether oxygens (including phenoxy) is 4. The van der Waals surface area contributed by atoms with E-state index in [1.54, 1.807) is 18.2 Å². The van der Waals surface area contributed by atoms with Crippen molar-refractivity contribution in [3.8, 4) is 17.2 Å². The van der Waals surface area contributed by atoms with Gasteiger partial charge in [0, 0.05) is 18.7 Å². The van der Waals surface area contributed by atoms with E-state index in [9.17, 15) is 9.59 Å². The maximum Gasteiger partial charge on any atom is 0.311 e. The molecule has 6 nitrogen and oxygen atoms in total. The summed E-state index contributed by atoms with van der Waals surface area (Å²) < 4.78 is 20.9. The molecule has 0 atom stereocenters. The van der Waals surface area contributed by atoms with Crippen molar-refractivity contribution in [1.29, 1.82) is 0 Å². The molecule has 0 aliphatic rings. The number of para-hydroxylation sites is 1. The molecule has 1 rings (SSSR count). The third-order valence-corrected chi connectivity index (χ3v) is 4.42. The van der Waals surface area contributed by atoms with Crippen LogP contribution in [0.1, 0.15) is 57.8 Å². The normalized spacial score (nSPS) is 10.4. The first-order valence-corrected chi connectivity index (χ1v) is 10.3. The predicted octanol–water partition coefficient (Wildman–Crippen LogP) is 4.90. The van der Waals surface area contributed by atoms with Gasteiger partial charge in [-0.1, -0.05) is 31.7 Å². The van der Waals surface area contributed by atoms with E-state index in [4.69, 9.17) is 30.5 Å². The Kier molecular flexibility index (Phi) is 12.9. The van der Waals surface area contributed by atoms with Gasteiger partial charge in [-0.3, -0.25) is 9.59 Å². The van der Waals surface area contributed by atoms with Crippen molar-refractivity contribution >= 4 is 23.5 Å². The molecule has 0 radical (unpaired) electrons. The quantitative estimate of drug-likeness (QED) is 0.176. The zero-order valence-corrected chi connectivity index (χ0v) is 17.6. The zero-order valence-electron chi connectivity index (χ0n) is 16.8. The number of hydrogen-bond acceptors (Lipinski definition) is 6. The second-order valence-corrected chi connectivity index (χ2v) is 6.73. The highest BCUT2D eigenvalue weighted by atomic mass is 35.5. The van der Waals surface area contributed by atoms with Gasteiger partial charge < -0.3 is 18.9 Å². The fourth-order valence-electron chi connectivity index (χ4n) is 2.62. The van der Waals surface area contributed by atoms with Crippen LogP contribution in [0.25, 0.3) is 0 Å². The average Bonchev–Trinajstić information content (AvgIpc) is 2.70. The zero-order chi connectivity index (χ0) is 20.6. The van der Waals surface area contributed by atoms with Crippen LogP contribution in [0.3, 0.4) is 0 Å². The summed E-state index contributed by atoms with van der Waals surface area (Å²) in [6.45, 7) is 0.428. The van der Waals surface area contributed by atoms with Gasteiger partial charge >= 0.3 is 11.9 Å². The van der Waals surface area contributed by atoms with Gasteiger partial charge in [0.2, 0.25) is 5.75 Å². The molecule has 1 aromatic carbocycles. The summed E-state index contributed by atoms with van der Waals surface area (Å²) in [7, 11) is 2.98. The summed E-state index contributed by atoms with van der Waals surface area (Å²) in [5, 5.41) is 0. The number of carbonyl (C=O) groups excluding carboxylic acids is 2. The SMILES string of the molecule is COc1cccc(OC)c1OC(=O)CCCC(=O)OCCCCCCCCCl. The third kappa shape index (κ3) is 9.83. The highest BCUT2D eigenvalue weighted by Crippen LogP contribution is 2.37. The van der Waals surface area contributed by atoms with E-state index in [1.807, 2.05) is 0 Å². The minimum absolute atomic E-state index is 0.108. The van der Waals surface area contributed by atoms with Crippen LogP contribution in [0.5, 0.6) is 17.2 Å². The van der Waals surface area contributed by atoms with Crippen molar-refractivity contribution in [3.63, 3.8) is 0 Å². The number of halogens is 1. The lowest BCUT2D eigenvalue weighted by Gasteiger charge is -2.12. The van der Waals surface area contributed by atoms with Crippen LogP contribution in [0, 0.1) is 0 Å². The van der Waals surface area contributed by atoms with Crippen LogP contribution in [0.4, 0.5) is 0 Å². The van der Waals surface area contributed by atoms with Crippen LogP contribution in [0.2, 0.25) is 0 Å². The van der Waals surface area contributed by atoms with E-state index in [1.165, 1.54) is 20.6 Å². The summed E-state index contributed by atoms with van der Waals surface area (Å²) in [5.74, 6) is 1.05. The minimum Gasteiger partial charge on any atom is -0.493 e. The molecule has 7 heteroatoms. The summed E-state index contributed by atoms with van der Waals surface area (Å²) in [6, 6.07) is 5.10. The van der Waals surface area contributed by atoms with Gasteiger partial charge in [-0.25, -0.2) is 0 Å². The molecule has 0 saturated heterocycles. The number of carbonyl (C=O) groups is 2. The number of esters is 2. The van der Waals surface area contributed by atoms with E-state index in [0.717, 1.165) is 38.0 Å². The van der Waals surface area contributed by atoms with Crippen molar-refractivity contribution < 1.29 is 28.5 Å². The van der Waals surface area contributed by atoms with Gasteiger partial charge in [0.25, 0.3) is 0 Å². The molecule has 0 N–H and O–H groups in total. The fourth-order valence-corrected chi connectivity index (χ4v) is 2.81. The van der Waals surface area contributed by atoms with Crippen LogP contribution in [0.15, 0.2) is 18.2 Å². The van der Waals surface area contributed by atoms with Crippen molar-refractivity contribution in [1.82, 2.24) is 0 Å². The first-order valence-electron chi connectivity index (χ1n) is 9.75. The Balaban J connectivity index is 2.19. The summed E-state index contributed by atoms with van der Waals surface area (Å²) in [4.78, 5) is 23.8. The first-order chi connectivity index (χ1) is 13.6. The first kappa shape index (κ1) is 24.1. The molecule has 0 aromatic heterocycles. The second kappa shape index (κ2) is 15.0. The van der Waals surface area contributed by atoms with Gasteiger partial charge in [-0.2, -0.15) is 0 Å².